The van der Waals surface area contributed by atoms with E-state index in [0.717, 1.165) is 19.0 Å². The molecule has 4 rings (SSSR count). The fourth-order valence-corrected chi connectivity index (χ4v) is 3.81. The largest absolute Gasteiger partial charge is 0.483 e. The molecule has 172 valence electrons. The van der Waals surface area contributed by atoms with Crippen molar-refractivity contribution >= 4 is 11.6 Å². The van der Waals surface area contributed by atoms with Crippen molar-refractivity contribution in [1.82, 2.24) is 10.3 Å². The van der Waals surface area contributed by atoms with Crippen LogP contribution in [-0.4, -0.2) is 43.0 Å². The van der Waals surface area contributed by atoms with E-state index in [-0.39, 0.29) is 17.4 Å². The van der Waals surface area contributed by atoms with Gasteiger partial charge >= 0.3 is 6.18 Å². The molecule has 32 heavy (non-hydrogen) atoms. The van der Waals surface area contributed by atoms with Crippen molar-refractivity contribution in [2.45, 2.75) is 30.8 Å². The molecule has 1 saturated carbocycles. The van der Waals surface area contributed by atoms with Gasteiger partial charge in [-0.3, -0.25) is 4.79 Å². The van der Waals surface area contributed by atoms with Crippen LogP contribution < -0.4 is 21.1 Å². The molecule has 2 atom stereocenters. The molecule has 0 spiro atoms. The Hall–Kier alpha value is -2.76. The topological polar surface area (TPSA) is 98.5 Å². The molecule has 7 nitrogen and oxygen atoms in total. The Morgan fingerprint density at radius 2 is 2.09 bits per heavy atom. The molecule has 2 aliphatic rings. The number of aromatic nitrogens is 1. The van der Waals surface area contributed by atoms with Gasteiger partial charge in [0.1, 0.15) is 29.1 Å². The lowest BCUT2D eigenvalue weighted by Gasteiger charge is -2.41. The molecule has 2 heterocycles. The van der Waals surface area contributed by atoms with E-state index in [4.69, 9.17) is 10.5 Å². The third-order valence-corrected chi connectivity index (χ3v) is 5.38. The van der Waals surface area contributed by atoms with Crippen LogP contribution in [0.25, 0.3) is 0 Å². The first kappa shape index (κ1) is 22.4. The third kappa shape index (κ3) is 5.00. The standard InChI is InChI=1S/C21H22F4N4O3/c22-16-5-3-13(7-15(16)20(12-1-2-12)10-27-9-18(26)32-20)29-19(30)17-6-4-14(8-28-17)31-11-21(23,24)25/h3-8,12,18,27H,1-2,9-11,26H2,(H,29,30). The van der Waals surface area contributed by atoms with Gasteiger partial charge in [-0.2, -0.15) is 13.2 Å². The molecular weight excluding hydrogens is 432 g/mol. The molecule has 0 radical (unpaired) electrons. The van der Waals surface area contributed by atoms with Crippen LogP contribution in [0.3, 0.4) is 0 Å². The van der Waals surface area contributed by atoms with E-state index in [9.17, 15) is 22.4 Å². The van der Waals surface area contributed by atoms with E-state index >= 15 is 0 Å². The lowest BCUT2D eigenvalue weighted by atomic mass is 9.86. The van der Waals surface area contributed by atoms with Crippen LogP contribution >= 0.6 is 0 Å². The van der Waals surface area contributed by atoms with Gasteiger partial charge in [-0.25, -0.2) is 9.37 Å². The summed E-state index contributed by atoms with van der Waals surface area (Å²) in [6.45, 7) is -0.594. The number of nitrogens with zero attached hydrogens (tertiary/aromatic N) is 1. The number of morpholine rings is 1. The highest BCUT2D eigenvalue weighted by molar-refractivity contribution is 6.02. The van der Waals surface area contributed by atoms with Crippen molar-refractivity contribution in [3.63, 3.8) is 0 Å². The van der Waals surface area contributed by atoms with E-state index in [1.165, 1.54) is 30.3 Å². The van der Waals surface area contributed by atoms with Crippen LogP contribution in [0.4, 0.5) is 23.2 Å². The Balaban J connectivity index is 1.50. The number of ether oxygens (including phenoxy) is 2. The average molecular weight is 454 g/mol. The van der Waals surface area contributed by atoms with Crippen molar-refractivity contribution in [2.75, 3.05) is 25.0 Å². The normalized spacial score (nSPS) is 23.6. The molecule has 1 aliphatic carbocycles. The fourth-order valence-electron chi connectivity index (χ4n) is 3.81. The number of alkyl halides is 3. The summed E-state index contributed by atoms with van der Waals surface area (Å²) in [6.07, 6.45) is -2.25. The molecular formula is C21H22F4N4O3. The quantitative estimate of drug-likeness (QED) is 0.581. The molecule has 2 fully saturated rings. The van der Waals surface area contributed by atoms with Gasteiger partial charge in [0.2, 0.25) is 0 Å². The molecule has 4 N–H and O–H groups in total. The Kier molecular flexibility index (Phi) is 6.06. The summed E-state index contributed by atoms with van der Waals surface area (Å²) in [6, 6.07) is 6.64. The van der Waals surface area contributed by atoms with Gasteiger partial charge in [-0.15, -0.1) is 0 Å². The van der Waals surface area contributed by atoms with Crippen molar-refractivity contribution in [3.8, 4) is 5.75 Å². The van der Waals surface area contributed by atoms with Crippen molar-refractivity contribution in [1.29, 1.82) is 0 Å². The highest BCUT2D eigenvalue weighted by Gasteiger charge is 2.51. The number of hydrogen-bond acceptors (Lipinski definition) is 6. The van der Waals surface area contributed by atoms with Crippen LogP contribution in [0.15, 0.2) is 36.5 Å². The second-order valence-corrected chi connectivity index (χ2v) is 7.88. The first-order chi connectivity index (χ1) is 15.2. The van der Waals surface area contributed by atoms with E-state index in [0.29, 0.717) is 24.3 Å². The van der Waals surface area contributed by atoms with Gasteiger partial charge in [0.25, 0.3) is 5.91 Å². The van der Waals surface area contributed by atoms with Gasteiger partial charge in [0, 0.05) is 24.3 Å². The maximum absolute atomic E-state index is 14.8. The average Bonchev–Trinajstić information content (AvgIpc) is 3.59. The van der Waals surface area contributed by atoms with E-state index in [2.05, 4.69) is 20.4 Å². The van der Waals surface area contributed by atoms with E-state index in [1.54, 1.807) is 0 Å². The highest BCUT2D eigenvalue weighted by atomic mass is 19.4. The molecule has 0 bridgehead atoms. The number of amides is 1. The van der Waals surface area contributed by atoms with E-state index < -0.39 is 36.3 Å². The summed E-state index contributed by atoms with van der Waals surface area (Å²) in [5.41, 5.74) is 5.64. The number of anilines is 1. The summed E-state index contributed by atoms with van der Waals surface area (Å²) >= 11 is 0. The number of pyridine rings is 1. The maximum atomic E-state index is 14.8. The van der Waals surface area contributed by atoms with Crippen molar-refractivity contribution < 1.29 is 31.8 Å². The zero-order chi connectivity index (χ0) is 22.9. The number of hydrogen-bond donors (Lipinski definition) is 3. The molecule has 11 heteroatoms. The number of carbonyl (C=O) groups excluding carboxylic acids is 1. The van der Waals surface area contributed by atoms with Crippen molar-refractivity contribution in [3.05, 3.63) is 53.6 Å². The molecule has 2 unspecified atom stereocenters. The Morgan fingerprint density at radius 3 is 2.72 bits per heavy atom. The summed E-state index contributed by atoms with van der Waals surface area (Å²) in [4.78, 5) is 16.4. The highest BCUT2D eigenvalue weighted by Crippen LogP contribution is 2.50. The minimum absolute atomic E-state index is 0.0373. The maximum Gasteiger partial charge on any atom is 0.422 e. The monoisotopic (exact) mass is 454 g/mol. The van der Waals surface area contributed by atoms with E-state index in [1.807, 2.05) is 0 Å². The Labute approximate surface area is 181 Å². The second kappa shape index (κ2) is 8.64. The molecule has 1 aromatic carbocycles. The summed E-state index contributed by atoms with van der Waals surface area (Å²) in [5, 5.41) is 5.82. The Morgan fingerprint density at radius 1 is 1.31 bits per heavy atom. The number of carbonyl (C=O) groups is 1. The summed E-state index contributed by atoms with van der Waals surface area (Å²) in [5.74, 6) is -1.07. The van der Waals surface area contributed by atoms with Crippen LogP contribution in [-0.2, 0) is 10.3 Å². The minimum Gasteiger partial charge on any atom is -0.483 e. The summed E-state index contributed by atoms with van der Waals surface area (Å²) in [7, 11) is 0. The summed E-state index contributed by atoms with van der Waals surface area (Å²) < 4.78 is 62.1. The van der Waals surface area contributed by atoms with Crippen LogP contribution in [0.2, 0.25) is 0 Å². The lowest BCUT2D eigenvalue weighted by Crippen LogP contribution is -2.56. The Bertz CT molecular complexity index is 982. The predicted octanol–water partition coefficient (Wildman–Crippen LogP) is 2.92. The SMILES string of the molecule is NC1CNCC(c2cc(NC(=O)c3ccc(OCC(F)(F)F)cn3)ccc2F)(C2CC2)O1. The minimum atomic E-state index is -4.48. The lowest BCUT2D eigenvalue weighted by molar-refractivity contribution is -0.153. The molecule has 1 saturated heterocycles. The smallest absolute Gasteiger partial charge is 0.422 e. The van der Waals surface area contributed by atoms with Crippen molar-refractivity contribution in [2.24, 2.45) is 11.7 Å². The molecule has 2 aromatic rings. The van der Waals surface area contributed by atoms with Gasteiger partial charge < -0.3 is 25.8 Å². The number of rotatable bonds is 6. The first-order valence-corrected chi connectivity index (χ1v) is 10.1. The van der Waals surface area contributed by atoms with Gasteiger partial charge in [0.15, 0.2) is 6.61 Å². The zero-order valence-corrected chi connectivity index (χ0v) is 16.9. The predicted molar refractivity (Wildman–Crippen MR) is 106 cm³/mol. The second-order valence-electron chi connectivity index (χ2n) is 7.88. The molecule has 1 amide bonds. The van der Waals surface area contributed by atoms with Crippen LogP contribution in [0.5, 0.6) is 5.75 Å². The fraction of sp³-hybridized carbons (Fsp3) is 0.429. The third-order valence-electron chi connectivity index (χ3n) is 5.38. The molecule has 1 aliphatic heterocycles. The number of benzene rings is 1. The van der Waals surface area contributed by atoms with Crippen LogP contribution in [0.1, 0.15) is 28.9 Å². The number of nitrogens with one attached hydrogen (secondary N) is 2. The zero-order valence-electron chi connectivity index (χ0n) is 16.9. The van der Waals surface area contributed by atoms with Gasteiger partial charge in [-0.1, -0.05) is 0 Å². The first-order valence-electron chi connectivity index (χ1n) is 10.1. The molecule has 1 aromatic heterocycles. The number of halogens is 4. The van der Waals surface area contributed by atoms with Gasteiger partial charge in [-0.05, 0) is 49.1 Å². The van der Waals surface area contributed by atoms with Gasteiger partial charge in [0.05, 0.1) is 6.20 Å². The number of nitrogens with two attached hydrogens (primary N) is 1. The van der Waals surface area contributed by atoms with Crippen LogP contribution in [0, 0.1) is 11.7 Å².